The largest absolute Gasteiger partial charge is 0.383 e. The van der Waals surface area contributed by atoms with Crippen LogP contribution in [0.4, 0.5) is 5.13 Å². The highest BCUT2D eigenvalue weighted by Crippen LogP contribution is 2.21. The average Bonchev–Trinajstić information content (AvgIpc) is 4.01. The van der Waals surface area contributed by atoms with E-state index in [1.165, 1.54) is 28.9 Å². The minimum Gasteiger partial charge on any atom is -0.383 e. The molecule has 4 aromatic rings. The monoisotopic (exact) mass is 753 g/mol. The molecule has 48 heavy (non-hydrogen) atoms. The van der Waals surface area contributed by atoms with Crippen LogP contribution in [0.2, 0.25) is 0 Å². The summed E-state index contributed by atoms with van der Waals surface area (Å²) < 4.78 is 5.64. The zero-order valence-electron chi connectivity index (χ0n) is 26.2. The zero-order chi connectivity index (χ0) is 33.9. The van der Waals surface area contributed by atoms with Crippen molar-refractivity contribution in [3.8, 4) is 0 Å². The van der Waals surface area contributed by atoms with Crippen LogP contribution in [0.1, 0.15) is 76.9 Å². The molecule has 2 saturated carbocycles. The van der Waals surface area contributed by atoms with E-state index in [2.05, 4.69) is 52.5 Å². The number of thiazole rings is 2. The number of nitrogens with zero attached hydrogens (tertiary/aromatic N) is 2. The Morgan fingerprint density at radius 3 is 1.65 bits per heavy atom. The van der Waals surface area contributed by atoms with E-state index < -0.39 is 0 Å². The Morgan fingerprint density at radius 2 is 1.21 bits per heavy atom. The molecular weight excluding hydrogens is 718 g/mol. The van der Waals surface area contributed by atoms with Crippen LogP contribution in [0.25, 0.3) is 0 Å². The van der Waals surface area contributed by atoms with Gasteiger partial charge in [0.1, 0.15) is 9.75 Å². The fourth-order valence-electron chi connectivity index (χ4n) is 4.16. The van der Waals surface area contributed by atoms with E-state index in [0.717, 1.165) is 36.8 Å². The summed E-state index contributed by atoms with van der Waals surface area (Å²) >= 11 is 5.82. The highest BCUT2D eigenvalue weighted by molar-refractivity contribution is 9.11. The first kappa shape index (κ1) is 35.1. The van der Waals surface area contributed by atoms with Gasteiger partial charge in [-0.25, -0.2) is 9.97 Å². The summed E-state index contributed by atoms with van der Waals surface area (Å²) in [5.74, 6) is -0.398. The molecule has 2 aromatic heterocycles. The van der Waals surface area contributed by atoms with Gasteiger partial charge in [0.15, 0.2) is 9.05 Å². The number of nitrogens with one attached hydrogen (secondary N) is 5. The number of carbonyl (C=O) groups is 4. The van der Waals surface area contributed by atoms with Crippen LogP contribution in [0.5, 0.6) is 0 Å². The van der Waals surface area contributed by atoms with E-state index in [0.29, 0.717) is 68.3 Å². The summed E-state index contributed by atoms with van der Waals surface area (Å²) in [6.45, 7) is 2.04. The van der Waals surface area contributed by atoms with Gasteiger partial charge in [-0.15, -0.1) is 11.3 Å². The third-order valence-electron chi connectivity index (χ3n) is 7.18. The summed E-state index contributed by atoms with van der Waals surface area (Å²) in [6.07, 6.45) is 7.37. The van der Waals surface area contributed by atoms with Crippen molar-refractivity contribution >= 4 is 67.4 Å². The van der Waals surface area contributed by atoms with Gasteiger partial charge in [0, 0.05) is 50.0 Å². The lowest BCUT2D eigenvalue weighted by molar-refractivity contribution is 0.0942. The second kappa shape index (κ2) is 17.3. The van der Waals surface area contributed by atoms with Gasteiger partial charge in [-0.05, 0) is 77.0 Å². The topological polar surface area (TPSA) is 163 Å². The third-order valence-corrected chi connectivity index (χ3v) is 9.61. The first-order valence-corrected chi connectivity index (χ1v) is 17.9. The number of benzene rings is 2. The van der Waals surface area contributed by atoms with Crippen molar-refractivity contribution in [2.24, 2.45) is 0 Å². The molecule has 0 aliphatic heterocycles. The minimum atomic E-state index is -0.169. The number of rotatable bonds is 14. The highest BCUT2D eigenvalue weighted by Gasteiger charge is 2.24. The summed E-state index contributed by atoms with van der Waals surface area (Å²) in [7, 11) is 1.63. The van der Waals surface area contributed by atoms with Crippen molar-refractivity contribution < 1.29 is 23.9 Å². The van der Waals surface area contributed by atoms with Crippen LogP contribution >= 0.6 is 38.6 Å². The molecule has 2 fully saturated rings. The summed E-state index contributed by atoms with van der Waals surface area (Å²) in [4.78, 5) is 57.2. The number of anilines is 1. The van der Waals surface area contributed by atoms with E-state index >= 15 is 0 Å². The Hall–Kier alpha value is -4.18. The molecule has 4 amide bonds. The highest BCUT2D eigenvalue weighted by atomic mass is 79.9. The molecule has 0 atom stereocenters. The quantitative estimate of drug-likeness (QED) is 0.115. The van der Waals surface area contributed by atoms with Crippen molar-refractivity contribution in [3.05, 3.63) is 96.8 Å². The molecule has 252 valence electrons. The molecule has 2 aliphatic carbocycles. The molecule has 6 rings (SSSR count). The SMILES string of the molecule is COCCNc1ncc(C(=O)NCc2ccc(C(=O)NC3CC3)cc2)s1.O=C(NC1CC1)c1ccc(CNC(=O)c2cnc(Br)s2)cc1. The number of halogens is 1. The van der Waals surface area contributed by atoms with Gasteiger partial charge in [-0.3, -0.25) is 19.2 Å². The van der Waals surface area contributed by atoms with E-state index in [1.807, 2.05) is 24.3 Å². The second-order valence-electron chi connectivity index (χ2n) is 11.2. The average molecular weight is 755 g/mol. The summed E-state index contributed by atoms with van der Waals surface area (Å²) in [5, 5.41) is 15.4. The fourth-order valence-corrected chi connectivity index (χ4v) is 6.10. The molecule has 15 heteroatoms. The van der Waals surface area contributed by atoms with E-state index in [-0.39, 0.29) is 23.6 Å². The Morgan fingerprint density at radius 1 is 0.729 bits per heavy atom. The smallest absolute Gasteiger partial charge is 0.263 e. The van der Waals surface area contributed by atoms with Gasteiger partial charge in [-0.2, -0.15) is 0 Å². The first-order valence-electron chi connectivity index (χ1n) is 15.4. The van der Waals surface area contributed by atoms with Crippen LogP contribution in [-0.4, -0.2) is 65.9 Å². The van der Waals surface area contributed by atoms with Gasteiger partial charge < -0.3 is 31.3 Å². The third kappa shape index (κ3) is 11.2. The predicted octanol–water partition coefficient (Wildman–Crippen LogP) is 4.75. The molecule has 2 heterocycles. The molecule has 0 unspecified atom stereocenters. The fraction of sp³-hybridized carbons (Fsp3) is 0.333. The minimum absolute atomic E-state index is 0.0346. The van der Waals surface area contributed by atoms with Crippen LogP contribution < -0.4 is 26.6 Å². The predicted molar refractivity (Wildman–Crippen MR) is 188 cm³/mol. The van der Waals surface area contributed by atoms with E-state index in [4.69, 9.17) is 4.74 Å². The van der Waals surface area contributed by atoms with Gasteiger partial charge in [0.25, 0.3) is 23.6 Å². The van der Waals surface area contributed by atoms with Gasteiger partial charge in [0.2, 0.25) is 0 Å². The van der Waals surface area contributed by atoms with Crippen LogP contribution in [0.3, 0.4) is 0 Å². The molecule has 0 saturated heterocycles. The first-order chi connectivity index (χ1) is 23.3. The Bertz CT molecular complexity index is 1700. The maximum absolute atomic E-state index is 12.2. The summed E-state index contributed by atoms with van der Waals surface area (Å²) in [5.41, 5.74) is 3.17. The number of ether oxygens (including phenoxy) is 1. The molecule has 2 aromatic carbocycles. The number of amides is 4. The maximum atomic E-state index is 12.2. The van der Waals surface area contributed by atoms with E-state index in [9.17, 15) is 19.2 Å². The molecular formula is C33H36BrN7O5S2. The second-order valence-corrected chi connectivity index (χ2v) is 14.5. The number of carbonyl (C=O) groups excluding carboxylic acids is 4. The number of hydrogen-bond acceptors (Lipinski definition) is 10. The Kier molecular flexibility index (Phi) is 12.7. The van der Waals surface area contributed by atoms with Crippen molar-refractivity contribution in [2.75, 3.05) is 25.6 Å². The van der Waals surface area contributed by atoms with Crippen molar-refractivity contribution in [1.82, 2.24) is 31.2 Å². The lowest BCUT2D eigenvalue weighted by Crippen LogP contribution is -2.25. The molecule has 2 aliphatic rings. The van der Waals surface area contributed by atoms with Crippen LogP contribution in [-0.2, 0) is 17.8 Å². The lowest BCUT2D eigenvalue weighted by Gasteiger charge is -2.06. The zero-order valence-corrected chi connectivity index (χ0v) is 29.4. The molecule has 12 nitrogen and oxygen atoms in total. The van der Waals surface area contributed by atoms with Gasteiger partial charge in [0.05, 0.1) is 19.0 Å². The number of hydrogen-bond donors (Lipinski definition) is 5. The van der Waals surface area contributed by atoms with Crippen molar-refractivity contribution in [2.45, 2.75) is 50.9 Å². The van der Waals surface area contributed by atoms with Gasteiger partial charge in [-0.1, -0.05) is 35.6 Å². The molecule has 0 radical (unpaired) electrons. The van der Waals surface area contributed by atoms with Crippen LogP contribution in [0, 0.1) is 0 Å². The van der Waals surface area contributed by atoms with Crippen LogP contribution in [0.15, 0.2) is 64.8 Å². The van der Waals surface area contributed by atoms with Crippen molar-refractivity contribution in [1.29, 1.82) is 0 Å². The molecule has 5 N–H and O–H groups in total. The normalized spacial score (nSPS) is 13.5. The molecule has 0 bridgehead atoms. The molecule has 0 spiro atoms. The van der Waals surface area contributed by atoms with E-state index in [1.54, 1.807) is 37.6 Å². The standard InChI is InChI=1S/C18H22N4O3S.C15H14BrN3O2S/c1-25-9-8-19-18-21-11-15(26-18)17(24)20-10-12-2-4-13(5-3-12)16(23)22-14-6-7-14;16-15-18-8-12(22-15)14(21)17-7-9-1-3-10(4-2-9)13(20)19-11-5-6-11/h2-5,11,14H,6-10H2,1H3,(H,19,21)(H,20,24)(H,22,23);1-4,8,11H,5-7H2,(H,17,21)(H,19,20). The van der Waals surface area contributed by atoms with Crippen molar-refractivity contribution in [3.63, 3.8) is 0 Å². The Balaban J connectivity index is 0.000000190. The maximum Gasteiger partial charge on any atom is 0.263 e. The lowest BCUT2D eigenvalue weighted by atomic mass is 10.1. The number of aromatic nitrogens is 2. The Labute approximate surface area is 294 Å². The summed E-state index contributed by atoms with van der Waals surface area (Å²) in [6, 6.07) is 15.2. The van der Waals surface area contributed by atoms with Gasteiger partial charge >= 0.3 is 0 Å². The number of methoxy groups -OCH3 is 1.